The molecule has 3 heterocycles. The fraction of sp³-hybridized carbons (Fsp3) is 0.600. The van der Waals surface area contributed by atoms with Gasteiger partial charge < -0.3 is 26.4 Å². The summed E-state index contributed by atoms with van der Waals surface area (Å²) in [6, 6.07) is -0.476. The molecule has 6 N–H and O–H groups in total. The number of hydrogen-bond donors (Lipinski definition) is 4. The van der Waals surface area contributed by atoms with Crippen LogP contribution in [-0.2, 0) is 9.53 Å². The molecular weight excluding hydrogens is 487 g/mol. The van der Waals surface area contributed by atoms with Crippen LogP contribution in [0, 0.1) is 0 Å². The van der Waals surface area contributed by atoms with E-state index in [0.29, 0.717) is 23.3 Å². The number of carbonyl (C=O) groups is 1. The van der Waals surface area contributed by atoms with Gasteiger partial charge in [-0.2, -0.15) is 0 Å². The summed E-state index contributed by atoms with van der Waals surface area (Å²) in [5.74, 6) is 1.54. The zero-order chi connectivity index (χ0) is 19.7. The average Bonchev–Trinajstić information content (AvgIpc) is 3.17. The molecule has 0 unspecified atom stereocenters. The van der Waals surface area contributed by atoms with E-state index in [1.54, 1.807) is 27.2 Å². The number of hydrogen-bond acceptors (Lipinski definition) is 9. The molecule has 1 aliphatic heterocycles. The number of nitrogen functional groups attached to an aromatic ring is 1. The lowest BCUT2D eigenvalue weighted by Gasteiger charge is -2.22. The second-order valence-corrected chi connectivity index (χ2v) is 9.85. The van der Waals surface area contributed by atoms with Gasteiger partial charge in [0.1, 0.15) is 24.1 Å². The highest BCUT2D eigenvalue weighted by molar-refractivity contribution is 14.1. The normalized spacial score (nSPS) is 26.7. The molecule has 0 aromatic carbocycles. The standard InChI is InChI=1S/C15H22IN6O4S/c1-27(3-2-7(17)12(16)25)4-8-10(23)11(24)15(26-8)22-6-21-9-13(18)19-5-20-14(9)22/h5-8,10-11,15,23-24H,2-4,17H2,1H3,(H2,18,19,20)/t7-,8+,10+,11+,15+/m0/s1. The Balaban J connectivity index is 1.68. The van der Waals surface area contributed by atoms with Gasteiger partial charge in [0.2, 0.25) is 3.79 Å². The molecule has 0 amide bonds. The Morgan fingerprint density at radius 3 is 2.85 bits per heavy atom. The third-order valence-corrected chi connectivity index (χ3v) is 7.15. The van der Waals surface area contributed by atoms with E-state index in [-0.39, 0.29) is 20.5 Å². The van der Waals surface area contributed by atoms with Crippen LogP contribution in [0.2, 0.25) is 0 Å². The number of nitrogens with two attached hydrogens (primary N) is 2. The van der Waals surface area contributed by atoms with Crippen molar-refractivity contribution in [3.63, 3.8) is 0 Å². The molecule has 1 saturated heterocycles. The Hall–Kier alpha value is -1.06. The van der Waals surface area contributed by atoms with Crippen LogP contribution in [0.4, 0.5) is 5.82 Å². The van der Waals surface area contributed by atoms with Crippen molar-refractivity contribution in [1.29, 1.82) is 0 Å². The maximum absolute atomic E-state index is 11.2. The minimum absolute atomic E-state index is 0.0644. The minimum atomic E-state index is -1.13. The summed E-state index contributed by atoms with van der Waals surface area (Å²) in [6.45, 7) is 0. The highest BCUT2D eigenvalue weighted by atomic mass is 127. The van der Waals surface area contributed by atoms with Gasteiger partial charge in [-0.15, -0.1) is 0 Å². The summed E-state index contributed by atoms with van der Waals surface area (Å²) in [5, 5.41) is 20.9. The maximum atomic E-state index is 11.2. The number of rotatable bonds is 7. The zero-order valence-electron chi connectivity index (χ0n) is 14.6. The van der Waals surface area contributed by atoms with Crippen molar-refractivity contribution in [1.82, 2.24) is 19.5 Å². The van der Waals surface area contributed by atoms with E-state index < -0.39 is 30.6 Å². The molecule has 2 aromatic rings. The van der Waals surface area contributed by atoms with Crippen LogP contribution in [0.1, 0.15) is 12.6 Å². The molecule has 149 valence electrons. The van der Waals surface area contributed by atoms with Crippen molar-refractivity contribution in [2.24, 2.45) is 5.73 Å². The van der Waals surface area contributed by atoms with Crippen LogP contribution in [0.25, 0.3) is 11.2 Å². The quantitative estimate of drug-likeness (QED) is 0.288. The largest absolute Gasteiger partial charge is 0.387 e. The second-order valence-electron chi connectivity index (χ2n) is 6.48. The molecule has 0 bridgehead atoms. The van der Waals surface area contributed by atoms with Crippen molar-refractivity contribution in [3.05, 3.63) is 12.7 Å². The molecule has 1 fully saturated rings. The molecule has 0 aliphatic carbocycles. The first kappa shape index (κ1) is 20.7. The summed E-state index contributed by atoms with van der Waals surface area (Å²) in [4.78, 5) is 23.4. The number of aliphatic hydroxyl groups is 2. The minimum Gasteiger partial charge on any atom is -0.387 e. The molecule has 5 atom stereocenters. The number of nitrogens with zero attached hydrogens (tertiary/aromatic N) is 4. The average molecular weight is 509 g/mol. The third kappa shape index (κ3) is 4.35. The van der Waals surface area contributed by atoms with E-state index in [0.717, 1.165) is 5.75 Å². The van der Waals surface area contributed by atoms with Crippen molar-refractivity contribution in [2.45, 2.75) is 37.0 Å². The van der Waals surface area contributed by atoms with Gasteiger partial charge in [-0.25, -0.2) is 25.8 Å². The van der Waals surface area contributed by atoms with E-state index in [9.17, 15) is 15.0 Å². The van der Waals surface area contributed by atoms with E-state index in [4.69, 9.17) is 16.2 Å². The van der Waals surface area contributed by atoms with Gasteiger partial charge in [0.05, 0.1) is 18.5 Å². The lowest BCUT2D eigenvalue weighted by molar-refractivity contribution is -0.110. The monoisotopic (exact) mass is 509 g/mol. The zero-order valence-corrected chi connectivity index (χ0v) is 17.6. The molecule has 1 aliphatic rings. The molecule has 12 heteroatoms. The summed E-state index contributed by atoms with van der Waals surface area (Å²) >= 11 is 1.70. The lowest BCUT2D eigenvalue weighted by atomic mass is 10.1. The highest BCUT2D eigenvalue weighted by Crippen LogP contribution is 2.36. The molecule has 0 saturated carbocycles. The Morgan fingerprint density at radius 1 is 1.41 bits per heavy atom. The Labute approximate surface area is 172 Å². The topological polar surface area (TPSA) is 162 Å². The Morgan fingerprint density at radius 2 is 2.15 bits per heavy atom. The van der Waals surface area contributed by atoms with E-state index in [1.807, 2.05) is 6.26 Å². The number of imidazole rings is 1. The first-order valence-electron chi connectivity index (χ1n) is 8.28. The van der Waals surface area contributed by atoms with Crippen LogP contribution >= 0.6 is 33.5 Å². The number of halogens is 1. The van der Waals surface area contributed by atoms with Gasteiger partial charge in [-0.1, -0.05) is 0 Å². The van der Waals surface area contributed by atoms with E-state index in [1.165, 1.54) is 12.7 Å². The molecule has 3 rings (SSSR count). The number of aromatic nitrogens is 4. The third-order valence-electron chi connectivity index (χ3n) is 4.52. The number of anilines is 1. The number of fused-ring (bicyclic) bond motifs is 1. The summed E-state index contributed by atoms with van der Waals surface area (Å²) < 4.78 is 7.42. The molecule has 27 heavy (non-hydrogen) atoms. The summed E-state index contributed by atoms with van der Waals surface area (Å²) in [7, 11) is -0.127. The summed E-state index contributed by atoms with van der Waals surface area (Å²) in [5.41, 5.74) is 12.4. The maximum Gasteiger partial charge on any atom is 0.208 e. The molecular formula is C15H22IN6O4S. The molecule has 1 radical (unpaired) electrons. The van der Waals surface area contributed by atoms with Gasteiger partial charge >= 0.3 is 0 Å². The predicted octanol–water partition coefficient (Wildman–Crippen LogP) is -0.395. The first-order chi connectivity index (χ1) is 12.8. The smallest absolute Gasteiger partial charge is 0.208 e. The van der Waals surface area contributed by atoms with Crippen LogP contribution in [0.3, 0.4) is 0 Å². The van der Waals surface area contributed by atoms with Crippen LogP contribution < -0.4 is 11.5 Å². The van der Waals surface area contributed by atoms with Crippen LogP contribution in [-0.4, -0.2) is 75.6 Å². The SMILES string of the molecule is C[S](CC[C@H](N)C(=O)I)C[C@H]1O[C@@H](n2cnc3c(N)ncnc32)[C@H](O)[C@@H]1O. The van der Waals surface area contributed by atoms with Crippen molar-refractivity contribution in [3.8, 4) is 0 Å². The van der Waals surface area contributed by atoms with Gasteiger partial charge in [0, 0.05) is 28.3 Å². The second kappa shape index (κ2) is 8.53. The first-order valence-corrected chi connectivity index (χ1v) is 11.3. The Kier molecular flexibility index (Phi) is 6.53. The number of aliphatic hydroxyl groups excluding tert-OH is 2. The molecule has 2 aromatic heterocycles. The van der Waals surface area contributed by atoms with Gasteiger partial charge in [0.15, 0.2) is 17.7 Å². The van der Waals surface area contributed by atoms with E-state index >= 15 is 0 Å². The highest BCUT2D eigenvalue weighted by Gasteiger charge is 2.44. The van der Waals surface area contributed by atoms with Crippen molar-refractivity contribution < 1.29 is 19.7 Å². The fourth-order valence-corrected chi connectivity index (χ4v) is 4.93. The lowest BCUT2D eigenvalue weighted by Crippen LogP contribution is -2.33. The predicted molar refractivity (Wildman–Crippen MR) is 111 cm³/mol. The molecule has 0 spiro atoms. The van der Waals surface area contributed by atoms with Crippen LogP contribution in [0.15, 0.2) is 12.7 Å². The van der Waals surface area contributed by atoms with Gasteiger partial charge in [0.25, 0.3) is 0 Å². The van der Waals surface area contributed by atoms with Crippen molar-refractivity contribution in [2.75, 3.05) is 23.5 Å². The number of carbonyl (C=O) groups excluding carboxylic acids is 1. The van der Waals surface area contributed by atoms with Gasteiger partial charge in [-0.05, 0) is 18.4 Å². The van der Waals surface area contributed by atoms with E-state index in [2.05, 4.69) is 15.0 Å². The van der Waals surface area contributed by atoms with Crippen molar-refractivity contribution >= 4 is 54.3 Å². The Bertz CT molecular complexity index is 823. The number of ether oxygens (including phenoxy) is 1. The molecule has 10 nitrogen and oxygen atoms in total. The summed E-state index contributed by atoms with van der Waals surface area (Å²) in [6.07, 6.45) is 1.86. The van der Waals surface area contributed by atoms with Crippen LogP contribution in [0.5, 0.6) is 0 Å². The fourth-order valence-electron chi connectivity index (χ4n) is 2.96. The van der Waals surface area contributed by atoms with Gasteiger partial charge in [-0.3, -0.25) is 9.36 Å².